The van der Waals surface area contributed by atoms with Gasteiger partial charge < -0.3 is 29.9 Å². The summed E-state index contributed by atoms with van der Waals surface area (Å²) in [5.74, 6) is 0. The Kier molecular flexibility index (Phi) is 20.1. The van der Waals surface area contributed by atoms with Gasteiger partial charge in [0.2, 0.25) is 0 Å². The first-order chi connectivity index (χ1) is 63.1. The second-order valence-electron chi connectivity index (χ2n) is 34.8. The molecule has 24 bridgehead atoms. The van der Waals surface area contributed by atoms with Gasteiger partial charge in [-0.2, -0.15) is 0 Å². The van der Waals surface area contributed by atoms with Crippen LogP contribution in [-0.2, 0) is 38.5 Å². The van der Waals surface area contributed by atoms with Crippen LogP contribution in [-0.4, -0.2) is 59.8 Å². The fourth-order valence-electron chi connectivity index (χ4n) is 20.6. The van der Waals surface area contributed by atoms with Gasteiger partial charge in [-0.25, -0.2) is 29.9 Å². The lowest BCUT2D eigenvalue weighted by Crippen LogP contribution is -1.93. The number of fused-ring (bicyclic) bond motifs is 27. The highest BCUT2D eigenvalue weighted by molar-refractivity contribution is 7.27. The second kappa shape index (κ2) is 32.3. The topological polar surface area (TPSA) is 172 Å². The molecular formula is C116H100N12S. The zero-order valence-electron chi connectivity index (χ0n) is 75.0. The van der Waals surface area contributed by atoms with Crippen molar-refractivity contribution in [2.45, 2.75) is 134 Å². The molecule has 16 aromatic rings. The number of aromatic nitrogens is 12. The molecule has 0 saturated carbocycles. The Balaban J connectivity index is 0.833. The number of nitrogens with zero attached hydrogens (tertiary/aromatic N) is 6. The van der Waals surface area contributed by atoms with E-state index in [1.54, 1.807) is 0 Å². The predicted octanol–water partition coefficient (Wildman–Crippen LogP) is 31.0. The molecule has 13 heteroatoms. The number of hydrogen-bond acceptors (Lipinski definition) is 7. The summed E-state index contributed by atoms with van der Waals surface area (Å²) in [4.78, 5) is 59.2. The molecule has 0 atom stereocenters. The van der Waals surface area contributed by atoms with Crippen LogP contribution in [0.4, 0.5) is 0 Å². The third-order valence-electron chi connectivity index (χ3n) is 27.6. The molecule has 630 valence electrons. The number of aryl methyl sites for hydroxylation is 8. The van der Waals surface area contributed by atoms with E-state index >= 15 is 0 Å². The van der Waals surface area contributed by atoms with Gasteiger partial charge in [0.15, 0.2) is 0 Å². The average molecular weight is 1690 g/mol. The van der Waals surface area contributed by atoms with Crippen molar-refractivity contribution < 1.29 is 0 Å². The van der Waals surface area contributed by atoms with Gasteiger partial charge in [-0.05, 0) is 290 Å². The molecule has 10 aromatic heterocycles. The van der Waals surface area contributed by atoms with Crippen LogP contribution in [0.3, 0.4) is 0 Å². The Morgan fingerprint density at radius 2 is 0.628 bits per heavy atom. The third kappa shape index (κ3) is 13.6. The summed E-state index contributed by atoms with van der Waals surface area (Å²) in [5.41, 5.74) is 51.0. The number of rotatable bonds is 15. The first-order valence-corrected chi connectivity index (χ1v) is 46.8. The molecule has 0 spiro atoms. The van der Waals surface area contributed by atoms with Crippen LogP contribution >= 0.6 is 11.3 Å². The van der Waals surface area contributed by atoms with Crippen LogP contribution in [0.5, 0.6) is 0 Å². The molecule has 12 nitrogen and oxygen atoms in total. The molecule has 6 N–H and O–H groups in total. The smallest absolute Gasteiger partial charge is 0.0769 e. The fraction of sp³-hybridized carbons (Fsp3) is 0.172. The normalized spacial score (nSPS) is 13.0. The van der Waals surface area contributed by atoms with Crippen LogP contribution in [0, 0.1) is 13.8 Å². The van der Waals surface area contributed by atoms with Crippen LogP contribution in [0.2, 0.25) is 0 Å². The van der Waals surface area contributed by atoms with Crippen molar-refractivity contribution in [3.63, 3.8) is 0 Å². The molecule has 0 saturated heterocycles. The lowest BCUT2D eigenvalue weighted by atomic mass is 9.94. The van der Waals surface area contributed by atoms with E-state index in [2.05, 4.69) is 368 Å². The van der Waals surface area contributed by atoms with Gasteiger partial charge in [0.05, 0.1) is 73.8 Å². The van der Waals surface area contributed by atoms with Crippen LogP contribution in [0.1, 0.15) is 195 Å². The van der Waals surface area contributed by atoms with E-state index in [0.29, 0.717) is 0 Å². The Labute approximate surface area is 754 Å². The van der Waals surface area contributed by atoms with E-state index < -0.39 is 0 Å². The molecule has 129 heavy (non-hydrogen) atoms. The first-order valence-electron chi connectivity index (χ1n) is 45.9. The zero-order chi connectivity index (χ0) is 87.7. The van der Waals surface area contributed by atoms with E-state index in [9.17, 15) is 0 Å². The number of benzene rings is 6. The lowest BCUT2D eigenvalue weighted by molar-refractivity contribution is 1.14. The molecule has 16 heterocycles. The SMILES string of the molecule is CCC1=C(C)c2cc3[nH]c(c(C)c3CC)c(-c3cccc4c3sc3c(-c5c6nc(c(-c7ccc(CC)cc7)c7ccc([nH]7)c(-c7c8nc(c(-c9ccc(CC)cc9)c9ccc(cc%10nc(c(-c%11ccc(CC)cc%11)c%11ccc7[nH]%11)C=C%10)[nH]9)C=C8)c7nc(c(-c8ccc(CC)cc8)c8ccc5[nH]8)C=C7)C=C6)cccc34)c3nc(cc4[nH]c(cc1n2)c(CC)c4C)C(CC)=C3C. The van der Waals surface area contributed by atoms with E-state index in [1.807, 2.05) is 11.3 Å². The Morgan fingerprint density at radius 1 is 0.264 bits per heavy atom. The summed E-state index contributed by atoms with van der Waals surface area (Å²) >= 11 is 1.86. The minimum Gasteiger partial charge on any atom is -0.355 e. The van der Waals surface area contributed by atoms with Crippen molar-refractivity contribution in [2.75, 3.05) is 0 Å². The molecule has 0 unspecified atom stereocenters. The summed E-state index contributed by atoms with van der Waals surface area (Å²) in [5, 5.41) is 2.33. The molecule has 0 fully saturated rings. The maximum Gasteiger partial charge on any atom is 0.0769 e. The van der Waals surface area contributed by atoms with E-state index in [1.165, 1.54) is 76.9 Å². The van der Waals surface area contributed by atoms with E-state index in [-0.39, 0.29) is 0 Å². The summed E-state index contributed by atoms with van der Waals surface area (Å²) in [6.07, 6.45) is 24.6. The molecule has 0 amide bonds. The monoisotopic (exact) mass is 1690 g/mol. The van der Waals surface area contributed by atoms with E-state index in [4.69, 9.17) is 29.9 Å². The van der Waals surface area contributed by atoms with Gasteiger partial charge in [-0.1, -0.05) is 189 Å². The first kappa shape index (κ1) is 80.2. The largest absolute Gasteiger partial charge is 0.355 e. The average Bonchev–Trinajstić information content (AvgIpc) is 1.57. The fourth-order valence-corrected chi connectivity index (χ4v) is 22.0. The quantitative estimate of drug-likeness (QED) is 0.0596. The summed E-state index contributed by atoms with van der Waals surface area (Å²) < 4.78 is 2.32. The van der Waals surface area contributed by atoms with Crippen molar-refractivity contribution in [2.24, 2.45) is 0 Å². The van der Waals surface area contributed by atoms with Gasteiger partial charge in [0.1, 0.15) is 0 Å². The molecular weight excluding hydrogens is 1590 g/mol. The predicted molar refractivity (Wildman–Crippen MR) is 548 cm³/mol. The van der Waals surface area contributed by atoms with Crippen molar-refractivity contribution in [3.8, 4) is 77.9 Å². The molecule has 0 radical (unpaired) electrons. The highest BCUT2D eigenvalue weighted by Gasteiger charge is 2.30. The summed E-state index contributed by atoms with van der Waals surface area (Å²) in [6.45, 7) is 27.0. The van der Waals surface area contributed by atoms with Gasteiger partial charge in [0, 0.05) is 136 Å². The number of nitrogens with one attached hydrogen (secondary N) is 6. The second-order valence-corrected chi connectivity index (χ2v) is 35.8. The highest BCUT2D eigenvalue weighted by atomic mass is 32.1. The van der Waals surface area contributed by atoms with Crippen LogP contribution in [0.25, 0.3) is 235 Å². The number of allylic oxidation sites excluding steroid dienone is 4. The van der Waals surface area contributed by atoms with E-state index in [0.717, 1.165) is 274 Å². The molecule has 6 aromatic carbocycles. The third-order valence-corrected chi connectivity index (χ3v) is 28.9. The molecule has 6 aliphatic rings. The van der Waals surface area contributed by atoms with Crippen molar-refractivity contribution in [3.05, 3.63) is 319 Å². The van der Waals surface area contributed by atoms with Gasteiger partial charge in [-0.15, -0.1) is 11.3 Å². The molecule has 6 aliphatic heterocycles. The van der Waals surface area contributed by atoms with Gasteiger partial charge >= 0.3 is 0 Å². The Bertz CT molecular complexity index is 8110. The van der Waals surface area contributed by atoms with Gasteiger partial charge in [-0.3, -0.25) is 0 Å². The standard InChI is InChI=1S/C116H100N12S/c1-13-67-27-35-71(36-28-67)105-85-45-43-75(117-85)59-76-44-46-86(118-76)106(72-37-29-68(14-2)30-38-72)88-50-56-96(122-88)111(95-55-49-87(105)121-95)112-97-57-51-91(123-97)107(73-39-31-69(15-3)32-40-73)89-47-53-93(119-89)109(94-54-48-90(120-94)108(92-52-58-98(112)124-92)74-41-33-70(16-4)34-42-74)83-25-21-23-81-82-24-22-26-84(116(82)129-115(81)83)110-113-65(11)79(19-7)103(127-113)60-99-63(9)77(17-5)101(125-99)62-102-78(18-6)64(10)100(126-102)61-104-80(20-8)66(12)114(110)128-104/h21-62,117,119,122,124-125,128H,13-20H2,1-12H3. The Morgan fingerprint density at radius 3 is 1.09 bits per heavy atom. The Hall–Kier alpha value is -14.7. The minimum atomic E-state index is 0.760. The maximum absolute atomic E-state index is 6.03. The zero-order valence-corrected chi connectivity index (χ0v) is 75.8. The highest BCUT2D eigenvalue weighted by Crippen LogP contribution is 2.51. The van der Waals surface area contributed by atoms with Crippen molar-refractivity contribution in [1.29, 1.82) is 0 Å². The van der Waals surface area contributed by atoms with Crippen molar-refractivity contribution in [1.82, 2.24) is 59.8 Å². The number of thiophene rings is 1. The number of H-pyrrole nitrogens is 6. The van der Waals surface area contributed by atoms with Crippen LogP contribution < -0.4 is 0 Å². The number of aromatic amines is 6. The molecule has 0 aliphatic carbocycles. The summed E-state index contributed by atoms with van der Waals surface area (Å²) in [7, 11) is 0. The lowest BCUT2D eigenvalue weighted by Gasteiger charge is -2.10. The maximum atomic E-state index is 6.03. The van der Waals surface area contributed by atoms with Crippen molar-refractivity contribution >= 4 is 169 Å². The minimum absolute atomic E-state index is 0.760. The van der Waals surface area contributed by atoms with Crippen LogP contribution in [0.15, 0.2) is 206 Å². The molecule has 22 rings (SSSR count). The van der Waals surface area contributed by atoms with Gasteiger partial charge in [0.25, 0.3) is 0 Å². The summed E-state index contributed by atoms with van der Waals surface area (Å²) in [6, 6.07) is 76.6. The number of hydrogen-bond donors (Lipinski definition) is 6.